The third-order valence-corrected chi connectivity index (χ3v) is 3.29. The smallest absolute Gasteiger partial charge is 0.276 e. The summed E-state index contributed by atoms with van der Waals surface area (Å²) in [5.74, 6) is -0.328. The number of benzene rings is 1. The first-order chi connectivity index (χ1) is 8.66. The molecule has 18 heavy (non-hydrogen) atoms. The summed E-state index contributed by atoms with van der Waals surface area (Å²) in [6.45, 7) is 2.60. The summed E-state index contributed by atoms with van der Waals surface area (Å²) < 4.78 is 19.5. The van der Waals surface area contributed by atoms with Gasteiger partial charge in [-0.1, -0.05) is 0 Å². The topological polar surface area (TPSA) is 67.6 Å². The number of piperazine rings is 1. The summed E-state index contributed by atoms with van der Waals surface area (Å²) in [6, 6.07) is 2.32. The van der Waals surface area contributed by atoms with Gasteiger partial charge in [-0.3, -0.25) is 10.1 Å². The molecule has 0 unspecified atom stereocenters. The Bertz CT molecular complexity index is 509. The van der Waals surface area contributed by atoms with Crippen LogP contribution in [0.3, 0.4) is 0 Å². The van der Waals surface area contributed by atoms with Crippen molar-refractivity contribution in [2.45, 2.75) is 6.04 Å². The molecule has 2 aliphatic rings. The monoisotopic (exact) mass is 253 g/mol. The molecule has 0 radical (unpaired) electrons. The fourth-order valence-electron chi connectivity index (χ4n) is 2.44. The average molecular weight is 253 g/mol. The Kier molecular flexibility index (Phi) is 2.55. The van der Waals surface area contributed by atoms with Crippen LogP contribution < -0.4 is 15.0 Å². The molecule has 2 aliphatic heterocycles. The molecule has 96 valence electrons. The van der Waals surface area contributed by atoms with Crippen LogP contribution in [0.25, 0.3) is 0 Å². The standard InChI is InChI=1S/C11H12FN3O3/c12-9-3-7(15(16)17)4-10-11(9)14-2-1-13-5-8(14)6-18-10/h3-4,8,13H,1-2,5-6H2/t8-/m0/s1. The van der Waals surface area contributed by atoms with Crippen LogP contribution in [-0.4, -0.2) is 37.2 Å². The molecule has 7 heteroatoms. The molecule has 0 bridgehead atoms. The molecular formula is C11H12FN3O3. The van der Waals surface area contributed by atoms with Crippen molar-refractivity contribution in [1.82, 2.24) is 5.32 Å². The van der Waals surface area contributed by atoms with E-state index < -0.39 is 10.7 Å². The molecule has 1 fully saturated rings. The van der Waals surface area contributed by atoms with Crippen LogP contribution in [0.15, 0.2) is 12.1 Å². The van der Waals surface area contributed by atoms with Crippen molar-refractivity contribution in [3.8, 4) is 5.75 Å². The fraction of sp³-hybridized carbons (Fsp3) is 0.455. The number of halogens is 1. The molecule has 1 aromatic carbocycles. The van der Waals surface area contributed by atoms with Crippen LogP contribution in [0.2, 0.25) is 0 Å². The van der Waals surface area contributed by atoms with Gasteiger partial charge in [0.2, 0.25) is 0 Å². The van der Waals surface area contributed by atoms with E-state index in [0.29, 0.717) is 18.8 Å². The highest BCUT2D eigenvalue weighted by Crippen LogP contribution is 2.39. The van der Waals surface area contributed by atoms with E-state index >= 15 is 0 Å². The molecule has 6 nitrogen and oxygen atoms in total. The van der Waals surface area contributed by atoms with Gasteiger partial charge in [0.1, 0.15) is 12.3 Å². The van der Waals surface area contributed by atoms with Gasteiger partial charge in [0.25, 0.3) is 5.69 Å². The zero-order chi connectivity index (χ0) is 12.7. The zero-order valence-corrected chi connectivity index (χ0v) is 9.56. The average Bonchev–Trinajstić information content (AvgIpc) is 2.37. The molecule has 1 atom stereocenters. The minimum Gasteiger partial charge on any atom is -0.489 e. The van der Waals surface area contributed by atoms with Gasteiger partial charge in [-0.15, -0.1) is 0 Å². The van der Waals surface area contributed by atoms with Gasteiger partial charge in [-0.2, -0.15) is 0 Å². The predicted molar refractivity (Wildman–Crippen MR) is 62.6 cm³/mol. The summed E-state index contributed by atoms with van der Waals surface area (Å²) in [5, 5.41) is 13.9. The van der Waals surface area contributed by atoms with Crippen molar-refractivity contribution in [3.05, 3.63) is 28.1 Å². The second-order valence-corrected chi connectivity index (χ2v) is 4.39. The minimum absolute atomic E-state index is 0.0854. The van der Waals surface area contributed by atoms with Crippen LogP contribution in [-0.2, 0) is 0 Å². The van der Waals surface area contributed by atoms with E-state index in [1.807, 2.05) is 4.90 Å². The number of anilines is 1. The lowest BCUT2D eigenvalue weighted by atomic mass is 10.1. The highest BCUT2D eigenvalue weighted by atomic mass is 19.1. The number of non-ortho nitro benzene ring substituents is 1. The van der Waals surface area contributed by atoms with Crippen molar-refractivity contribution < 1.29 is 14.1 Å². The molecule has 0 aliphatic carbocycles. The van der Waals surface area contributed by atoms with E-state index in [0.717, 1.165) is 19.2 Å². The second kappa shape index (κ2) is 4.09. The summed E-state index contributed by atoms with van der Waals surface area (Å²) >= 11 is 0. The maximum Gasteiger partial charge on any atom is 0.276 e. The number of nitrogens with one attached hydrogen (secondary N) is 1. The molecule has 2 heterocycles. The third kappa shape index (κ3) is 1.67. The number of rotatable bonds is 1. The Balaban J connectivity index is 2.06. The van der Waals surface area contributed by atoms with E-state index in [-0.39, 0.29) is 17.5 Å². The summed E-state index contributed by atoms with van der Waals surface area (Å²) in [6.07, 6.45) is 0. The van der Waals surface area contributed by atoms with Gasteiger partial charge in [0, 0.05) is 19.6 Å². The van der Waals surface area contributed by atoms with Crippen LogP contribution in [0.1, 0.15) is 0 Å². The highest BCUT2D eigenvalue weighted by molar-refractivity contribution is 5.65. The molecule has 0 aromatic heterocycles. The number of hydrogen-bond acceptors (Lipinski definition) is 5. The maximum absolute atomic E-state index is 14.0. The normalized spacial score (nSPS) is 21.8. The molecule has 3 rings (SSSR count). The Morgan fingerprint density at radius 2 is 2.39 bits per heavy atom. The number of hydrogen-bond donors (Lipinski definition) is 1. The highest BCUT2D eigenvalue weighted by Gasteiger charge is 2.33. The van der Waals surface area contributed by atoms with E-state index in [4.69, 9.17) is 4.74 Å². The van der Waals surface area contributed by atoms with Crippen molar-refractivity contribution in [2.75, 3.05) is 31.1 Å². The number of nitro groups is 1. The predicted octanol–water partition coefficient (Wildman–Crippen LogP) is 0.904. The van der Waals surface area contributed by atoms with Crippen molar-refractivity contribution in [3.63, 3.8) is 0 Å². The molecule has 1 saturated heterocycles. The molecular weight excluding hydrogens is 241 g/mol. The second-order valence-electron chi connectivity index (χ2n) is 4.39. The first-order valence-corrected chi connectivity index (χ1v) is 5.75. The molecule has 1 aromatic rings. The van der Waals surface area contributed by atoms with Gasteiger partial charge in [0.15, 0.2) is 11.6 Å². The summed E-state index contributed by atoms with van der Waals surface area (Å²) in [4.78, 5) is 12.0. The molecule has 0 saturated carbocycles. The fourth-order valence-corrected chi connectivity index (χ4v) is 2.44. The number of nitrogens with zero attached hydrogens (tertiary/aromatic N) is 2. The van der Waals surface area contributed by atoms with Crippen molar-refractivity contribution >= 4 is 11.4 Å². The van der Waals surface area contributed by atoms with Gasteiger partial charge in [0.05, 0.1) is 23.1 Å². The van der Waals surface area contributed by atoms with Crippen LogP contribution >= 0.6 is 0 Å². The number of fused-ring (bicyclic) bond motifs is 3. The van der Waals surface area contributed by atoms with Crippen molar-refractivity contribution in [2.24, 2.45) is 0 Å². The first-order valence-electron chi connectivity index (χ1n) is 5.75. The van der Waals surface area contributed by atoms with Gasteiger partial charge < -0.3 is 15.0 Å². The Hall–Kier alpha value is -1.89. The number of nitro benzene ring substituents is 1. The van der Waals surface area contributed by atoms with E-state index in [1.165, 1.54) is 6.07 Å². The van der Waals surface area contributed by atoms with Crippen LogP contribution in [0.5, 0.6) is 5.75 Å². The third-order valence-electron chi connectivity index (χ3n) is 3.29. The SMILES string of the molecule is O=[N+]([O-])c1cc(F)c2c(c1)OC[C@@H]1CNCCN21. The molecule has 0 amide bonds. The maximum atomic E-state index is 14.0. The Labute approximate surface area is 102 Å². The number of ether oxygens (including phenoxy) is 1. The van der Waals surface area contributed by atoms with E-state index in [1.54, 1.807) is 0 Å². The summed E-state index contributed by atoms with van der Waals surface area (Å²) in [7, 11) is 0. The van der Waals surface area contributed by atoms with Gasteiger partial charge >= 0.3 is 0 Å². The quantitative estimate of drug-likeness (QED) is 0.595. The summed E-state index contributed by atoms with van der Waals surface area (Å²) in [5.41, 5.74) is 0.0678. The first kappa shape index (κ1) is 11.2. The lowest BCUT2D eigenvalue weighted by Crippen LogP contribution is -2.56. The molecule has 0 spiro atoms. The lowest BCUT2D eigenvalue weighted by Gasteiger charge is -2.41. The largest absolute Gasteiger partial charge is 0.489 e. The Morgan fingerprint density at radius 1 is 1.56 bits per heavy atom. The van der Waals surface area contributed by atoms with Gasteiger partial charge in [-0.05, 0) is 0 Å². The lowest BCUT2D eigenvalue weighted by molar-refractivity contribution is -0.385. The van der Waals surface area contributed by atoms with Crippen LogP contribution in [0, 0.1) is 15.9 Å². The zero-order valence-electron chi connectivity index (χ0n) is 9.56. The van der Waals surface area contributed by atoms with Crippen LogP contribution in [0.4, 0.5) is 15.8 Å². The minimum atomic E-state index is -0.615. The van der Waals surface area contributed by atoms with E-state index in [2.05, 4.69) is 5.32 Å². The van der Waals surface area contributed by atoms with E-state index in [9.17, 15) is 14.5 Å². The van der Waals surface area contributed by atoms with Gasteiger partial charge in [-0.25, -0.2) is 4.39 Å². The van der Waals surface area contributed by atoms with Crippen molar-refractivity contribution in [1.29, 1.82) is 0 Å². The Morgan fingerprint density at radius 3 is 3.17 bits per heavy atom. The molecule has 1 N–H and O–H groups in total.